The topological polar surface area (TPSA) is 46.5 Å². The minimum absolute atomic E-state index is 0.166. The molecule has 1 unspecified atom stereocenters. The van der Waals surface area contributed by atoms with E-state index in [1.807, 2.05) is 12.1 Å². The van der Waals surface area contributed by atoms with Gasteiger partial charge in [-0.1, -0.05) is 22.9 Å². The third-order valence-corrected chi connectivity index (χ3v) is 3.92. The molecule has 18 heavy (non-hydrogen) atoms. The van der Waals surface area contributed by atoms with Gasteiger partial charge in [0, 0.05) is 22.9 Å². The summed E-state index contributed by atoms with van der Waals surface area (Å²) in [6.07, 6.45) is 1.51. The Morgan fingerprint density at radius 1 is 1.56 bits per heavy atom. The normalized spacial score (nSPS) is 16.9. The number of ketones is 1. The number of hydrogen-bond acceptors (Lipinski definition) is 3. The summed E-state index contributed by atoms with van der Waals surface area (Å²) in [5.74, 6) is 0.652. The van der Waals surface area contributed by atoms with Crippen molar-refractivity contribution in [2.24, 2.45) is 0 Å². The second-order valence-electron chi connectivity index (χ2n) is 4.88. The van der Waals surface area contributed by atoms with Crippen molar-refractivity contribution in [3.05, 3.63) is 27.7 Å². The first kappa shape index (κ1) is 13.6. The molecule has 2 rings (SSSR count). The Balaban J connectivity index is 2.28. The lowest BCUT2D eigenvalue weighted by atomic mass is 9.92. The fourth-order valence-corrected chi connectivity index (χ4v) is 2.59. The first-order valence-corrected chi connectivity index (χ1v) is 6.93. The van der Waals surface area contributed by atoms with Crippen molar-refractivity contribution in [2.75, 3.05) is 6.61 Å². The maximum absolute atomic E-state index is 12.1. The molecular formula is C14H17BrO3. The van der Waals surface area contributed by atoms with Crippen molar-refractivity contribution in [3.8, 4) is 5.75 Å². The summed E-state index contributed by atoms with van der Waals surface area (Å²) >= 11 is 3.44. The van der Waals surface area contributed by atoms with Gasteiger partial charge >= 0.3 is 0 Å². The van der Waals surface area contributed by atoms with E-state index in [2.05, 4.69) is 15.9 Å². The number of fused-ring (bicyclic) bond motifs is 1. The fraction of sp³-hybridized carbons (Fsp3) is 0.500. The molecule has 3 nitrogen and oxygen atoms in total. The first-order chi connectivity index (χ1) is 8.44. The van der Waals surface area contributed by atoms with E-state index in [1.54, 1.807) is 13.8 Å². The van der Waals surface area contributed by atoms with E-state index >= 15 is 0 Å². The molecular weight excluding hydrogens is 296 g/mol. The molecule has 0 radical (unpaired) electrons. The molecule has 0 saturated heterocycles. The zero-order valence-corrected chi connectivity index (χ0v) is 12.2. The van der Waals surface area contributed by atoms with E-state index in [4.69, 9.17) is 4.74 Å². The second kappa shape index (κ2) is 5.02. The van der Waals surface area contributed by atoms with Crippen molar-refractivity contribution in [1.29, 1.82) is 0 Å². The molecule has 1 heterocycles. The summed E-state index contributed by atoms with van der Waals surface area (Å²) in [7, 11) is 0. The highest BCUT2D eigenvalue weighted by atomic mass is 79.9. The summed E-state index contributed by atoms with van der Waals surface area (Å²) in [6.45, 7) is 4.03. The van der Waals surface area contributed by atoms with Crippen LogP contribution in [0.3, 0.4) is 0 Å². The van der Waals surface area contributed by atoms with Crippen molar-refractivity contribution in [2.45, 2.75) is 38.7 Å². The third kappa shape index (κ3) is 2.59. The monoisotopic (exact) mass is 312 g/mol. The van der Waals surface area contributed by atoms with Crippen LogP contribution in [0.5, 0.6) is 5.75 Å². The highest BCUT2D eigenvalue weighted by Crippen LogP contribution is 2.34. The number of benzene rings is 1. The Bertz CT molecular complexity index is 480. The molecule has 1 N–H and O–H groups in total. The van der Waals surface area contributed by atoms with Crippen molar-refractivity contribution in [1.82, 2.24) is 0 Å². The molecule has 0 fully saturated rings. The molecule has 1 aromatic rings. The van der Waals surface area contributed by atoms with Gasteiger partial charge in [0.15, 0.2) is 5.78 Å². The lowest BCUT2D eigenvalue weighted by Crippen LogP contribution is -2.35. The van der Waals surface area contributed by atoms with Crippen LogP contribution >= 0.6 is 15.9 Å². The van der Waals surface area contributed by atoms with E-state index in [9.17, 15) is 9.90 Å². The minimum Gasteiger partial charge on any atom is -0.493 e. The van der Waals surface area contributed by atoms with Gasteiger partial charge in [0.2, 0.25) is 0 Å². The van der Waals surface area contributed by atoms with Crippen LogP contribution in [0, 0.1) is 0 Å². The number of Topliss-reactive ketones (excluding diaryl/α,β-unsaturated/α-hetero) is 1. The summed E-state index contributed by atoms with van der Waals surface area (Å²) in [5, 5.41) is 9.97. The van der Waals surface area contributed by atoms with Crippen molar-refractivity contribution in [3.63, 3.8) is 0 Å². The van der Waals surface area contributed by atoms with Gasteiger partial charge in [0.25, 0.3) is 0 Å². The lowest BCUT2D eigenvalue weighted by molar-refractivity contribution is -0.135. The standard InChI is InChI=1S/C14H17BrO3/c1-3-14(2,17)12(16)8-10-7-11(15)6-9-4-5-18-13(9)10/h6-7,17H,3-5,8H2,1-2H3. The largest absolute Gasteiger partial charge is 0.493 e. The number of halogens is 1. The number of carbonyl (C=O) groups excluding carboxylic acids is 1. The Hall–Kier alpha value is -0.870. The molecule has 98 valence electrons. The minimum atomic E-state index is -1.26. The second-order valence-corrected chi connectivity index (χ2v) is 5.79. The SMILES string of the molecule is CCC(C)(O)C(=O)Cc1cc(Br)cc2c1OCC2. The van der Waals surface area contributed by atoms with Gasteiger partial charge in [-0.05, 0) is 31.0 Å². The highest BCUT2D eigenvalue weighted by Gasteiger charge is 2.29. The van der Waals surface area contributed by atoms with E-state index in [0.717, 1.165) is 27.8 Å². The predicted molar refractivity (Wildman–Crippen MR) is 73.0 cm³/mol. The van der Waals surface area contributed by atoms with E-state index in [0.29, 0.717) is 13.0 Å². The fourth-order valence-electron chi connectivity index (χ4n) is 2.04. The Morgan fingerprint density at radius 2 is 2.28 bits per heavy atom. The maximum atomic E-state index is 12.1. The number of hydrogen-bond donors (Lipinski definition) is 1. The lowest BCUT2D eigenvalue weighted by Gasteiger charge is -2.20. The van der Waals surface area contributed by atoms with Crippen LogP contribution in [0.2, 0.25) is 0 Å². The van der Waals surface area contributed by atoms with Crippen LogP contribution < -0.4 is 4.74 Å². The van der Waals surface area contributed by atoms with Crippen LogP contribution in [-0.2, 0) is 17.6 Å². The number of rotatable bonds is 4. The molecule has 4 heteroatoms. The molecule has 0 saturated carbocycles. The van der Waals surface area contributed by atoms with Crippen molar-refractivity contribution < 1.29 is 14.6 Å². The summed E-state index contributed by atoms with van der Waals surface area (Å²) in [4.78, 5) is 12.1. The smallest absolute Gasteiger partial charge is 0.168 e. The highest BCUT2D eigenvalue weighted by molar-refractivity contribution is 9.10. The Labute approximate surface area is 115 Å². The molecule has 0 aliphatic carbocycles. The summed E-state index contributed by atoms with van der Waals surface area (Å²) < 4.78 is 6.53. The molecule has 1 aliphatic rings. The molecule has 0 aromatic heterocycles. The molecule has 0 spiro atoms. The van der Waals surface area contributed by atoms with Gasteiger partial charge < -0.3 is 9.84 Å². The van der Waals surface area contributed by atoms with Crippen LogP contribution in [0.1, 0.15) is 31.4 Å². The number of ether oxygens (including phenoxy) is 1. The molecule has 1 aliphatic heterocycles. The first-order valence-electron chi connectivity index (χ1n) is 6.14. The Morgan fingerprint density at radius 3 is 2.94 bits per heavy atom. The number of carbonyl (C=O) groups is 1. The molecule has 0 bridgehead atoms. The summed E-state index contributed by atoms with van der Waals surface area (Å²) in [6, 6.07) is 3.92. The van der Waals surface area contributed by atoms with Crippen LogP contribution in [0.15, 0.2) is 16.6 Å². The van der Waals surface area contributed by atoms with Crippen molar-refractivity contribution >= 4 is 21.7 Å². The quantitative estimate of drug-likeness (QED) is 0.929. The van der Waals surface area contributed by atoms with Crippen LogP contribution in [-0.4, -0.2) is 23.1 Å². The van der Waals surface area contributed by atoms with Gasteiger partial charge in [-0.2, -0.15) is 0 Å². The van der Waals surface area contributed by atoms with Gasteiger partial charge in [-0.25, -0.2) is 0 Å². The maximum Gasteiger partial charge on any atom is 0.168 e. The zero-order chi connectivity index (χ0) is 13.3. The zero-order valence-electron chi connectivity index (χ0n) is 10.6. The molecule has 1 aromatic carbocycles. The van der Waals surface area contributed by atoms with Crippen LogP contribution in [0.4, 0.5) is 0 Å². The predicted octanol–water partition coefficient (Wildman–Crippen LogP) is 2.66. The van der Waals surface area contributed by atoms with Gasteiger partial charge in [0.1, 0.15) is 11.4 Å². The van der Waals surface area contributed by atoms with Crippen LogP contribution in [0.25, 0.3) is 0 Å². The summed E-state index contributed by atoms with van der Waals surface area (Å²) in [5.41, 5.74) is 0.729. The molecule has 0 amide bonds. The number of aliphatic hydroxyl groups is 1. The average Bonchev–Trinajstić information content (AvgIpc) is 2.76. The van der Waals surface area contributed by atoms with E-state index in [1.165, 1.54) is 0 Å². The average molecular weight is 313 g/mol. The molecule has 1 atom stereocenters. The Kier molecular flexibility index (Phi) is 3.78. The van der Waals surface area contributed by atoms with Gasteiger partial charge in [-0.15, -0.1) is 0 Å². The van der Waals surface area contributed by atoms with E-state index < -0.39 is 5.60 Å². The van der Waals surface area contributed by atoms with Gasteiger partial charge in [-0.3, -0.25) is 4.79 Å². The van der Waals surface area contributed by atoms with E-state index in [-0.39, 0.29) is 12.2 Å². The van der Waals surface area contributed by atoms with Gasteiger partial charge in [0.05, 0.1) is 6.61 Å². The third-order valence-electron chi connectivity index (χ3n) is 3.47.